The Kier molecular flexibility index (Phi) is 3.19. The Balaban J connectivity index is 1.91. The fourth-order valence-electron chi connectivity index (χ4n) is 2.81. The first kappa shape index (κ1) is 13.7. The number of benzene rings is 2. The summed E-state index contributed by atoms with van der Waals surface area (Å²) in [5.41, 5.74) is 2.87. The zero-order valence-electron chi connectivity index (χ0n) is 12.1. The number of hydrogen-bond acceptors (Lipinski definition) is 3. The maximum absolute atomic E-state index is 14.3. The summed E-state index contributed by atoms with van der Waals surface area (Å²) in [6.45, 7) is 0. The van der Waals surface area contributed by atoms with Crippen LogP contribution in [0.4, 0.5) is 26.0 Å². The van der Waals surface area contributed by atoms with Gasteiger partial charge in [0.2, 0.25) is 0 Å². The molecule has 1 unspecified atom stereocenters. The molecular weight excluding hydrogens is 296 g/mol. The second-order valence-corrected chi connectivity index (χ2v) is 5.36. The van der Waals surface area contributed by atoms with Crippen LogP contribution in [-0.2, 0) is 0 Å². The highest BCUT2D eigenvalue weighted by Crippen LogP contribution is 2.39. The Morgan fingerprint density at radius 3 is 2.52 bits per heavy atom. The minimum Gasteiger partial charge on any atom is -0.372 e. The molecule has 3 nitrogen and oxygen atoms in total. The van der Waals surface area contributed by atoms with E-state index in [0.717, 1.165) is 23.0 Å². The molecule has 0 saturated carbocycles. The van der Waals surface area contributed by atoms with Crippen molar-refractivity contribution >= 4 is 17.2 Å². The number of rotatable bonds is 1. The number of fused-ring (bicyclic) bond motifs is 2. The molecule has 23 heavy (non-hydrogen) atoms. The van der Waals surface area contributed by atoms with Crippen LogP contribution in [0.5, 0.6) is 0 Å². The molecular formula is C18H13F2N3. The molecule has 0 spiro atoms. The molecule has 1 aromatic heterocycles. The summed E-state index contributed by atoms with van der Waals surface area (Å²) in [6.07, 6.45) is 1.68. The molecule has 0 aliphatic carbocycles. The normalized spacial score (nSPS) is 15.7. The van der Waals surface area contributed by atoms with Crippen molar-refractivity contribution in [3.63, 3.8) is 0 Å². The van der Waals surface area contributed by atoms with Gasteiger partial charge in [0.15, 0.2) is 0 Å². The second kappa shape index (κ2) is 5.35. The van der Waals surface area contributed by atoms with Crippen LogP contribution in [0.15, 0.2) is 60.8 Å². The lowest BCUT2D eigenvalue weighted by atomic mass is 9.98. The summed E-state index contributed by atoms with van der Waals surface area (Å²) in [6, 6.07) is 14.5. The molecule has 2 N–H and O–H groups in total. The number of halogens is 2. The van der Waals surface area contributed by atoms with E-state index in [9.17, 15) is 8.78 Å². The molecule has 114 valence electrons. The molecule has 2 aromatic carbocycles. The van der Waals surface area contributed by atoms with Gasteiger partial charge >= 0.3 is 0 Å². The predicted octanol–water partition coefficient (Wildman–Crippen LogP) is 4.62. The summed E-state index contributed by atoms with van der Waals surface area (Å²) in [5.74, 6) is -0.528. The van der Waals surface area contributed by atoms with Crippen LogP contribution in [-0.4, -0.2) is 4.98 Å². The van der Waals surface area contributed by atoms with E-state index in [1.54, 1.807) is 12.3 Å². The lowest BCUT2D eigenvalue weighted by Gasteiger charge is -2.20. The average molecular weight is 309 g/mol. The van der Waals surface area contributed by atoms with Crippen LogP contribution in [0.3, 0.4) is 0 Å². The fourth-order valence-corrected chi connectivity index (χ4v) is 2.81. The summed E-state index contributed by atoms with van der Waals surface area (Å²) in [4.78, 5) is 4.35. The number of para-hydroxylation sites is 2. The van der Waals surface area contributed by atoms with E-state index < -0.39 is 17.7 Å². The van der Waals surface area contributed by atoms with E-state index >= 15 is 0 Å². The van der Waals surface area contributed by atoms with Gasteiger partial charge < -0.3 is 10.6 Å². The Morgan fingerprint density at radius 2 is 1.70 bits per heavy atom. The number of pyridine rings is 1. The summed E-state index contributed by atoms with van der Waals surface area (Å²) >= 11 is 0. The maximum Gasteiger partial charge on any atom is 0.136 e. The molecule has 3 aromatic rings. The molecule has 0 fully saturated rings. The number of aromatic nitrogens is 1. The second-order valence-electron chi connectivity index (χ2n) is 5.36. The van der Waals surface area contributed by atoms with Gasteiger partial charge in [-0.15, -0.1) is 0 Å². The van der Waals surface area contributed by atoms with Gasteiger partial charge in [-0.3, -0.25) is 0 Å². The standard InChI is InChI=1S/C18H13F2N3/c19-11-7-8-12(14(20)10-11)17-13-4-3-9-21-18(13)23-16-6-2-1-5-15(16)22-17/h1-10,17,22H,(H,21,23). The van der Waals surface area contributed by atoms with Gasteiger partial charge in [-0.2, -0.15) is 0 Å². The lowest BCUT2D eigenvalue weighted by Crippen LogP contribution is -2.13. The minimum atomic E-state index is -0.593. The smallest absolute Gasteiger partial charge is 0.136 e. The summed E-state index contributed by atoms with van der Waals surface area (Å²) in [5, 5.41) is 6.59. The van der Waals surface area contributed by atoms with Crippen molar-refractivity contribution in [2.75, 3.05) is 10.6 Å². The first-order valence-corrected chi connectivity index (χ1v) is 7.25. The Hall–Kier alpha value is -2.95. The van der Waals surface area contributed by atoms with Gasteiger partial charge in [0.05, 0.1) is 17.4 Å². The highest BCUT2D eigenvalue weighted by molar-refractivity contribution is 5.78. The van der Waals surface area contributed by atoms with Gasteiger partial charge in [-0.05, 0) is 24.3 Å². The van der Waals surface area contributed by atoms with Crippen LogP contribution in [0.2, 0.25) is 0 Å². The molecule has 0 amide bonds. The van der Waals surface area contributed by atoms with Crippen molar-refractivity contribution in [1.29, 1.82) is 0 Å². The van der Waals surface area contributed by atoms with Gasteiger partial charge in [0.25, 0.3) is 0 Å². The number of anilines is 3. The molecule has 0 radical (unpaired) electrons. The van der Waals surface area contributed by atoms with Crippen LogP contribution in [0, 0.1) is 11.6 Å². The number of nitrogens with zero attached hydrogens (tertiary/aromatic N) is 1. The van der Waals surface area contributed by atoms with Crippen molar-refractivity contribution in [3.05, 3.63) is 83.6 Å². The predicted molar refractivity (Wildman–Crippen MR) is 85.8 cm³/mol. The first-order chi connectivity index (χ1) is 11.2. The van der Waals surface area contributed by atoms with E-state index in [2.05, 4.69) is 15.6 Å². The van der Waals surface area contributed by atoms with Crippen LogP contribution < -0.4 is 10.6 Å². The van der Waals surface area contributed by atoms with Gasteiger partial charge in [-0.1, -0.05) is 24.3 Å². The fraction of sp³-hybridized carbons (Fsp3) is 0.0556. The highest BCUT2D eigenvalue weighted by Gasteiger charge is 2.25. The molecule has 0 bridgehead atoms. The van der Waals surface area contributed by atoms with Crippen molar-refractivity contribution in [3.8, 4) is 0 Å². The van der Waals surface area contributed by atoms with E-state index in [1.165, 1.54) is 12.1 Å². The van der Waals surface area contributed by atoms with Crippen molar-refractivity contribution in [2.45, 2.75) is 6.04 Å². The third-order valence-electron chi connectivity index (χ3n) is 3.90. The SMILES string of the molecule is Fc1ccc(C2Nc3ccccc3Nc3ncccc32)c(F)c1. The first-order valence-electron chi connectivity index (χ1n) is 7.25. The van der Waals surface area contributed by atoms with Crippen LogP contribution in [0.1, 0.15) is 17.2 Å². The molecule has 0 saturated heterocycles. The summed E-state index contributed by atoms with van der Waals surface area (Å²) in [7, 11) is 0. The minimum absolute atomic E-state index is 0.374. The number of hydrogen-bond donors (Lipinski definition) is 2. The topological polar surface area (TPSA) is 37.0 Å². The molecule has 1 aliphatic heterocycles. The third kappa shape index (κ3) is 2.40. The van der Waals surface area contributed by atoms with Gasteiger partial charge in [-0.25, -0.2) is 13.8 Å². The quantitative estimate of drug-likeness (QED) is 0.689. The Bertz CT molecular complexity index is 880. The zero-order valence-corrected chi connectivity index (χ0v) is 12.1. The monoisotopic (exact) mass is 309 g/mol. The molecule has 1 aliphatic rings. The summed E-state index contributed by atoms with van der Waals surface area (Å²) < 4.78 is 27.6. The van der Waals surface area contributed by atoms with Crippen molar-refractivity contribution in [1.82, 2.24) is 4.98 Å². The van der Waals surface area contributed by atoms with Gasteiger partial charge in [0.1, 0.15) is 17.5 Å². The van der Waals surface area contributed by atoms with E-state index in [-0.39, 0.29) is 0 Å². The van der Waals surface area contributed by atoms with Crippen LogP contribution >= 0.6 is 0 Å². The molecule has 4 rings (SSSR count). The molecule has 1 atom stereocenters. The largest absolute Gasteiger partial charge is 0.372 e. The average Bonchev–Trinajstić information content (AvgIpc) is 2.71. The van der Waals surface area contributed by atoms with Crippen LogP contribution in [0.25, 0.3) is 0 Å². The maximum atomic E-state index is 14.3. The third-order valence-corrected chi connectivity index (χ3v) is 3.90. The lowest BCUT2D eigenvalue weighted by molar-refractivity contribution is 0.569. The number of nitrogens with one attached hydrogen (secondary N) is 2. The van der Waals surface area contributed by atoms with Gasteiger partial charge in [0, 0.05) is 23.4 Å². The van der Waals surface area contributed by atoms with Crippen molar-refractivity contribution in [2.24, 2.45) is 0 Å². The highest BCUT2D eigenvalue weighted by atomic mass is 19.1. The van der Waals surface area contributed by atoms with E-state index in [4.69, 9.17) is 0 Å². The molecule has 2 heterocycles. The Morgan fingerprint density at radius 1 is 0.870 bits per heavy atom. The molecule has 5 heteroatoms. The van der Waals surface area contributed by atoms with E-state index in [1.807, 2.05) is 30.3 Å². The van der Waals surface area contributed by atoms with Crippen molar-refractivity contribution < 1.29 is 8.78 Å². The zero-order chi connectivity index (χ0) is 15.8. The van der Waals surface area contributed by atoms with E-state index in [0.29, 0.717) is 11.4 Å². The Labute approximate surface area is 132 Å².